The molecule has 0 bridgehead atoms. The number of H-pyrrole nitrogens is 1. The van der Waals surface area contributed by atoms with E-state index in [1.807, 2.05) is 48.5 Å². The van der Waals surface area contributed by atoms with Gasteiger partial charge in [-0.3, -0.25) is 4.79 Å². The minimum absolute atomic E-state index is 0.115. The summed E-state index contributed by atoms with van der Waals surface area (Å²) in [5.41, 5.74) is 4.15. The van der Waals surface area contributed by atoms with Crippen molar-refractivity contribution in [2.75, 3.05) is 13.1 Å². The zero-order chi connectivity index (χ0) is 24.5. The van der Waals surface area contributed by atoms with E-state index in [-0.39, 0.29) is 19.0 Å². The average Bonchev–Trinajstić information content (AvgIpc) is 3.22. The van der Waals surface area contributed by atoms with Crippen molar-refractivity contribution in [3.63, 3.8) is 0 Å². The Morgan fingerprint density at radius 1 is 1.00 bits per heavy atom. The molecule has 2 amide bonds. The van der Waals surface area contributed by atoms with Crippen molar-refractivity contribution in [1.82, 2.24) is 14.8 Å². The molecule has 0 radical (unpaired) electrons. The maximum absolute atomic E-state index is 13.6. The Labute approximate surface area is 212 Å². The molecule has 0 fully saturated rings. The maximum atomic E-state index is 13.6. The molecule has 2 N–H and O–H groups in total. The van der Waals surface area contributed by atoms with Crippen molar-refractivity contribution < 1.29 is 14.7 Å². The summed E-state index contributed by atoms with van der Waals surface area (Å²) in [5, 5.41) is 12.1. The quantitative estimate of drug-likeness (QED) is 0.328. The second kappa shape index (κ2) is 9.64. The van der Waals surface area contributed by atoms with Gasteiger partial charge in [0.1, 0.15) is 0 Å². The first kappa shape index (κ1) is 23.3. The van der Waals surface area contributed by atoms with Crippen LogP contribution in [0.2, 0.25) is 10.0 Å². The minimum Gasteiger partial charge on any atom is -0.465 e. The molecule has 6 nitrogen and oxygen atoms in total. The van der Waals surface area contributed by atoms with Gasteiger partial charge in [-0.1, -0.05) is 59.6 Å². The summed E-state index contributed by atoms with van der Waals surface area (Å²) in [7, 11) is 0. The van der Waals surface area contributed by atoms with E-state index in [1.54, 1.807) is 29.2 Å². The SMILES string of the molecule is O=C(O)N(Cc1ccccc1)CC1c2[nH]c3ccc(Cl)cc3c2CCN1C(=O)c1cccc(Cl)c1. The second-order valence-corrected chi connectivity index (χ2v) is 9.50. The molecule has 2 heterocycles. The molecular formula is C27H23Cl2N3O3. The molecular weight excluding hydrogens is 485 g/mol. The summed E-state index contributed by atoms with van der Waals surface area (Å²) in [6.45, 7) is 0.776. The van der Waals surface area contributed by atoms with Crippen LogP contribution in [0.5, 0.6) is 0 Å². The van der Waals surface area contributed by atoms with Gasteiger partial charge in [0.15, 0.2) is 0 Å². The molecule has 0 aliphatic carbocycles. The van der Waals surface area contributed by atoms with Crippen LogP contribution >= 0.6 is 23.2 Å². The summed E-state index contributed by atoms with van der Waals surface area (Å²) >= 11 is 12.4. The van der Waals surface area contributed by atoms with Gasteiger partial charge in [-0.2, -0.15) is 0 Å². The fourth-order valence-corrected chi connectivity index (χ4v) is 5.14. The van der Waals surface area contributed by atoms with E-state index in [2.05, 4.69) is 4.98 Å². The zero-order valence-electron chi connectivity index (χ0n) is 18.7. The number of rotatable bonds is 5. The van der Waals surface area contributed by atoms with Crippen LogP contribution in [0, 0.1) is 0 Å². The molecule has 8 heteroatoms. The van der Waals surface area contributed by atoms with Gasteiger partial charge in [-0.25, -0.2) is 4.79 Å². The number of carbonyl (C=O) groups is 2. The molecule has 35 heavy (non-hydrogen) atoms. The van der Waals surface area contributed by atoms with Gasteiger partial charge in [-0.15, -0.1) is 0 Å². The van der Waals surface area contributed by atoms with Crippen molar-refractivity contribution in [1.29, 1.82) is 0 Å². The number of aromatic nitrogens is 1. The summed E-state index contributed by atoms with van der Waals surface area (Å²) in [5.74, 6) is -0.190. The van der Waals surface area contributed by atoms with Gasteiger partial charge >= 0.3 is 6.09 Å². The molecule has 0 saturated carbocycles. The molecule has 1 unspecified atom stereocenters. The highest BCUT2D eigenvalue weighted by Crippen LogP contribution is 2.37. The number of aromatic amines is 1. The van der Waals surface area contributed by atoms with Gasteiger partial charge in [0, 0.05) is 45.3 Å². The van der Waals surface area contributed by atoms with Gasteiger partial charge in [0.05, 0.1) is 12.6 Å². The van der Waals surface area contributed by atoms with E-state index in [1.165, 1.54) is 4.90 Å². The lowest BCUT2D eigenvalue weighted by molar-refractivity contribution is 0.0585. The number of carbonyl (C=O) groups excluding carboxylic acids is 1. The largest absolute Gasteiger partial charge is 0.465 e. The number of nitrogens with one attached hydrogen (secondary N) is 1. The predicted octanol–water partition coefficient (Wildman–Crippen LogP) is 6.39. The van der Waals surface area contributed by atoms with Crippen LogP contribution in [0.1, 0.15) is 33.2 Å². The van der Waals surface area contributed by atoms with Crippen LogP contribution in [0.3, 0.4) is 0 Å². The average molecular weight is 508 g/mol. The van der Waals surface area contributed by atoms with Crippen LogP contribution < -0.4 is 0 Å². The number of carboxylic acid groups (broad SMARTS) is 1. The predicted molar refractivity (Wildman–Crippen MR) is 137 cm³/mol. The minimum atomic E-state index is -1.05. The lowest BCUT2D eigenvalue weighted by Gasteiger charge is -2.38. The number of amides is 2. The molecule has 4 aromatic rings. The Morgan fingerprint density at radius 3 is 2.51 bits per heavy atom. The number of hydrogen-bond donors (Lipinski definition) is 2. The van der Waals surface area contributed by atoms with Gasteiger partial charge in [0.25, 0.3) is 5.91 Å². The normalized spacial score (nSPS) is 15.1. The van der Waals surface area contributed by atoms with Crippen molar-refractivity contribution in [3.8, 4) is 0 Å². The number of halogens is 2. The lowest BCUT2D eigenvalue weighted by Crippen LogP contribution is -2.46. The third kappa shape index (κ3) is 4.72. The van der Waals surface area contributed by atoms with E-state index in [0.717, 1.165) is 27.7 Å². The van der Waals surface area contributed by atoms with E-state index >= 15 is 0 Å². The van der Waals surface area contributed by atoms with Gasteiger partial charge in [0.2, 0.25) is 0 Å². The number of benzene rings is 3. The summed E-state index contributed by atoms with van der Waals surface area (Å²) in [6, 6.07) is 21.4. The molecule has 1 atom stereocenters. The van der Waals surface area contributed by atoms with Crippen molar-refractivity contribution >= 4 is 46.1 Å². The number of fused-ring (bicyclic) bond motifs is 3. The van der Waals surface area contributed by atoms with E-state index in [9.17, 15) is 14.7 Å². The van der Waals surface area contributed by atoms with Crippen LogP contribution in [-0.4, -0.2) is 45.0 Å². The van der Waals surface area contributed by atoms with Crippen LogP contribution in [0.25, 0.3) is 10.9 Å². The molecule has 178 valence electrons. The second-order valence-electron chi connectivity index (χ2n) is 8.63. The molecule has 1 aliphatic rings. The Morgan fingerprint density at radius 2 is 1.77 bits per heavy atom. The standard InChI is InChI=1S/C27H23Cl2N3O3/c28-19-8-4-7-18(13-19)26(33)32-12-11-21-22-14-20(29)9-10-23(22)30-25(21)24(32)16-31(27(34)35)15-17-5-2-1-3-6-17/h1-10,13-14,24,30H,11-12,15-16H2,(H,34,35). The highest BCUT2D eigenvalue weighted by atomic mass is 35.5. The topological polar surface area (TPSA) is 76.6 Å². The molecule has 0 spiro atoms. The van der Waals surface area contributed by atoms with Crippen molar-refractivity contribution in [2.24, 2.45) is 0 Å². The lowest BCUT2D eigenvalue weighted by atomic mass is 9.95. The van der Waals surface area contributed by atoms with E-state index < -0.39 is 12.1 Å². The fraction of sp³-hybridized carbons (Fsp3) is 0.185. The highest BCUT2D eigenvalue weighted by molar-refractivity contribution is 6.31. The van der Waals surface area contributed by atoms with E-state index in [4.69, 9.17) is 23.2 Å². The maximum Gasteiger partial charge on any atom is 0.407 e. The Hall–Kier alpha value is -3.48. The first-order valence-electron chi connectivity index (χ1n) is 11.3. The Bertz CT molecular complexity index is 1400. The monoisotopic (exact) mass is 507 g/mol. The first-order valence-corrected chi connectivity index (χ1v) is 12.0. The summed E-state index contributed by atoms with van der Waals surface area (Å²) < 4.78 is 0. The Balaban J connectivity index is 1.56. The third-order valence-electron chi connectivity index (χ3n) is 6.43. The molecule has 1 aliphatic heterocycles. The number of hydrogen-bond acceptors (Lipinski definition) is 2. The highest BCUT2D eigenvalue weighted by Gasteiger charge is 2.36. The Kier molecular flexibility index (Phi) is 6.41. The van der Waals surface area contributed by atoms with Crippen molar-refractivity contribution in [2.45, 2.75) is 19.0 Å². The van der Waals surface area contributed by atoms with Crippen LogP contribution in [0.4, 0.5) is 4.79 Å². The molecule has 1 aromatic heterocycles. The van der Waals surface area contributed by atoms with Crippen LogP contribution in [-0.2, 0) is 13.0 Å². The van der Waals surface area contributed by atoms with Gasteiger partial charge in [-0.05, 0) is 53.9 Å². The summed E-state index contributed by atoms with van der Waals surface area (Å²) in [6.07, 6.45) is -0.417. The molecule has 3 aromatic carbocycles. The van der Waals surface area contributed by atoms with Crippen LogP contribution in [0.15, 0.2) is 72.8 Å². The molecule has 5 rings (SSSR count). The van der Waals surface area contributed by atoms with Crippen molar-refractivity contribution in [3.05, 3.63) is 105 Å². The first-order chi connectivity index (χ1) is 16.9. The zero-order valence-corrected chi connectivity index (χ0v) is 20.3. The number of nitrogens with zero attached hydrogens (tertiary/aromatic N) is 2. The van der Waals surface area contributed by atoms with E-state index in [0.29, 0.717) is 28.6 Å². The van der Waals surface area contributed by atoms with Gasteiger partial charge < -0.3 is 19.9 Å². The molecule has 0 saturated heterocycles. The third-order valence-corrected chi connectivity index (χ3v) is 6.90. The fourth-order valence-electron chi connectivity index (χ4n) is 4.78. The smallest absolute Gasteiger partial charge is 0.407 e. The summed E-state index contributed by atoms with van der Waals surface area (Å²) in [4.78, 5) is 32.4.